The summed E-state index contributed by atoms with van der Waals surface area (Å²) < 4.78 is 0. The Balaban J connectivity index is 0.924. The van der Waals surface area contributed by atoms with Gasteiger partial charge in [-0.1, -0.05) is 184 Å². The fourth-order valence-electron chi connectivity index (χ4n) is 8.83. The third-order valence-corrected chi connectivity index (χ3v) is 12.1. The van der Waals surface area contributed by atoms with E-state index in [1.807, 2.05) is 0 Å². The molecule has 292 valence electrons. The molecule has 2 heteroatoms. The van der Waals surface area contributed by atoms with E-state index in [2.05, 4.69) is 266 Å². The van der Waals surface area contributed by atoms with Crippen molar-refractivity contribution >= 4 is 46.3 Å². The predicted octanol–water partition coefficient (Wildman–Crippen LogP) is 16.4. The third kappa shape index (κ3) is 7.45. The molecule has 0 aliphatic heterocycles. The van der Waals surface area contributed by atoms with Crippen molar-refractivity contribution in [1.29, 1.82) is 0 Å². The van der Waals surface area contributed by atoms with Crippen LogP contribution in [0.2, 0.25) is 0 Å². The predicted molar refractivity (Wildman–Crippen MR) is 260 cm³/mol. The highest BCUT2D eigenvalue weighted by molar-refractivity contribution is 5.87. The summed E-state index contributed by atoms with van der Waals surface area (Å²) in [6.07, 6.45) is 4.47. The highest BCUT2D eigenvalue weighted by Crippen LogP contribution is 2.51. The van der Waals surface area contributed by atoms with Gasteiger partial charge in [0.1, 0.15) is 0 Å². The van der Waals surface area contributed by atoms with E-state index in [0.29, 0.717) is 0 Å². The van der Waals surface area contributed by atoms with Gasteiger partial charge in [0.05, 0.1) is 0 Å². The average molecular weight is 783 g/mol. The van der Waals surface area contributed by atoms with Crippen LogP contribution in [0.5, 0.6) is 0 Å². The average Bonchev–Trinajstić information content (AvgIpc) is 3.55. The van der Waals surface area contributed by atoms with Crippen LogP contribution in [-0.2, 0) is 5.41 Å². The van der Waals surface area contributed by atoms with Crippen molar-refractivity contribution in [2.24, 2.45) is 0 Å². The van der Waals surface area contributed by atoms with Crippen LogP contribution in [0.15, 0.2) is 231 Å². The van der Waals surface area contributed by atoms with Crippen molar-refractivity contribution in [3.63, 3.8) is 0 Å². The molecular weight excluding hydrogens is 737 g/mol. The number of fused-ring (bicyclic) bond motifs is 3. The van der Waals surface area contributed by atoms with Gasteiger partial charge in [0.25, 0.3) is 0 Å². The summed E-state index contributed by atoms with van der Waals surface area (Å²) in [6, 6.07) is 82.9. The summed E-state index contributed by atoms with van der Waals surface area (Å²) in [4.78, 5) is 4.68. The van der Waals surface area contributed by atoms with Gasteiger partial charge in [0.2, 0.25) is 0 Å². The maximum Gasteiger partial charge on any atom is 0.0465 e. The second-order valence-corrected chi connectivity index (χ2v) is 16.3. The molecule has 0 unspecified atom stereocenters. The minimum absolute atomic E-state index is 0.159. The number of benzene rings is 9. The minimum atomic E-state index is -0.159. The molecule has 0 bridgehead atoms. The Labute approximate surface area is 360 Å². The molecule has 10 rings (SSSR count). The number of hydrogen-bond donors (Lipinski definition) is 0. The first-order valence-corrected chi connectivity index (χ1v) is 21.1. The largest absolute Gasteiger partial charge is 0.311 e. The standard InChI is InChI=1S/C59H46N2/c1-59(2)57-41-44(27-39-55(57)56-40-38-54(42-58(56)59)61(49-19-11-5-12-20-49)50-21-13-6-14-22-50)24-23-43-25-32-51(33-26-43)60(52-34-28-47(29-35-52)45-15-7-3-8-16-45)53-36-30-48(31-37-53)46-17-9-4-10-18-46/h3-42H,1-2H3/b24-23+. The van der Waals surface area contributed by atoms with E-state index in [4.69, 9.17) is 0 Å². The zero-order chi connectivity index (χ0) is 41.2. The first-order valence-electron chi connectivity index (χ1n) is 21.1. The molecule has 0 saturated carbocycles. The fraction of sp³-hybridized carbons (Fsp3) is 0.0508. The van der Waals surface area contributed by atoms with Crippen LogP contribution in [0.4, 0.5) is 34.1 Å². The monoisotopic (exact) mass is 782 g/mol. The molecule has 0 radical (unpaired) electrons. The van der Waals surface area contributed by atoms with Gasteiger partial charge in [-0.2, -0.15) is 0 Å². The van der Waals surface area contributed by atoms with Crippen LogP contribution in [0.3, 0.4) is 0 Å². The smallest absolute Gasteiger partial charge is 0.0465 e. The zero-order valence-corrected chi connectivity index (χ0v) is 34.5. The molecule has 0 atom stereocenters. The molecule has 9 aromatic rings. The van der Waals surface area contributed by atoms with Gasteiger partial charge < -0.3 is 9.80 Å². The van der Waals surface area contributed by atoms with Crippen LogP contribution >= 0.6 is 0 Å². The molecular formula is C59H46N2. The van der Waals surface area contributed by atoms with Crippen LogP contribution < -0.4 is 9.80 Å². The van der Waals surface area contributed by atoms with E-state index in [9.17, 15) is 0 Å². The van der Waals surface area contributed by atoms with Gasteiger partial charge in [-0.25, -0.2) is 0 Å². The Kier molecular flexibility index (Phi) is 9.96. The summed E-state index contributed by atoms with van der Waals surface area (Å²) in [5.41, 5.74) is 19.1. The van der Waals surface area contributed by atoms with Crippen molar-refractivity contribution in [3.05, 3.63) is 253 Å². The Bertz CT molecular complexity index is 2810. The van der Waals surface area contributed by atoms with Crippen LogP contribution in [-0.4, -0.2) is 0 Å². The number of hydrogen-bond acceptors (Lipinski definition) is 2. The summed E-state index contributed by atoms with van der Waals surface area (Å²) in [5, 5.41) is 0. The van der Waals surface area contributed by atoms with E-state index in [-0.39, 0.29) is 5.41 Å². The summed E-state index contributed by atoms with van der Waals surface area (Å²) >= 11 is 0. The first kappa shape index (κ1) is 37.6. The van der Waals surface area contributed by atoms with Crippen molar-refractivity contribution in [2.45, 2.75) is 19.3 Å². The van der Waals surface area contributed by atoms with E-state index >= 15 is 0 Å². The SMILES string of the molecule is CC1(C)c2cc(/C=C/c3ccc(N(c4ccc(-c5ccccc5)cc4)c4ccc(-c5ccccc5)cc4)cc3)ccc2-c2ccc(N(c3ccccc3)c3ccccc3)cc21. The van der Waals surface area contributed by atoms with Gasteiger partial charge in [0.15, 0.2) is 0 Å². The van der Waals surface area contributed by atoms with E-state index in [1.54, 1.807) is 0 Å². The number of rotatable bonds is 10. The maximum atomic E-state index is 2.39. The summed E-state index contributed by atoms with van der Waals surface area (Å²) in [6.45, 7) is 4.72. The molecule has 0 saturated heterocycles. The van der Waals surface area contributed by atoms with Crippen LogP contribution in [0, 0.1) is 0 Å². The minimum Gasteiger partial charge on any atom is -0.311 e. The lowest BCUT2D eigenvalue weighted by molar-refractivity contribution is 0.660. The lowest BCUT2D eigenvalue weighted by Gasteiger charge is -2.28. The first-order chi connectivity index (χ1) is 30.0. The summed E-state index contributed by atoms with van der Waals surface area (Å²) in [7, 11) is 0. The molecule has 9 aromatic carbocycles. The van der Waals surface area contributed by atoms with Gasteiger partial charge in [0, 0.05) is 39.5 Å². The molecule has 0 fully saturated rings. The highest BCUT2D eigenvalue weighted by Gasteiger charge is 2.36. The van der Waals surface area contributed by atoms with Gasteiger partial charge >= 0.3 is 0 Å². The molecule has 1 aliphatic carbocycles. The Morgan fingerprint density at radius 2 is 0.623 bits per heavy atom. The zero-order valence-electron chi connectivity index (χ0n) is 34.5. The molecule has 2 nitrogen and oxygen atoms in total. The van der Waals surface area contributed by atoms with E-state index < -0.39 is 0 Å². The van der Waals surface area contributed by atoms with Crippen LogP contribution in [0.25, 0.3) is 45.5 Å². The van der Waals surface area contributed by atoms with E-state index in [1.165, 1.54) is 50.1 Å². The van der Waals surface area contributed by atoms with Crippen molar-refractivity contribution < 1.29 is 0 Å². The molecule has 1 aliphatic rings. The Morgan fingerprint density at radius 1 is 0.295 bits per heavy atom. The van der Waals surface area contributed by atoms with Crippen LogP contribution in [0.1, 0.15) is 36.1 Å². The molecule has 0 N–H and O–H groups in total. The molecule has 0 amide bonds. The number of para-hydroxylation sites is 2. The van der Waals surface area contributed by atoms with Gasteiger partial charge in [-0.15, -0.1) is 0 Å². The third-order valence-electron chi connectivity index (χ3n) is 12.1. The fourth-order valence-corrected chi connectivity index (χ4v) is 8.83. The van der Waals surface area contributed by atoms with Gasteiger partial charge in [-0.05, 0) is 128 Å². The second kappa shape index (κ2) is 16.2. The lowest BCUT2D eigenvalue weighted by atomic mass is 9.81. The number of nitrogens with zero attached hydrogens (tertiary/aromatic N) is 2. The highest BCUT2D eigenvalue weighted by atomic mass is 15.1. The molecule has 0 heterocycles. The van der Waals surface area contributed by atoms with E-state index in [0.717, 1.165) is 39.7 Å². The quantitative estimate of drug-likeness (QED) is 0.128. The maximum absolute atomic E-state index is 2.39. The van der Waals surface area contributed by atoms with Crippen molar-refractivity contribution in [2.75, 3.05) is 9.80 Å². The topological polar surface area (TPSA) is 6.48 Å². The molecule has 61 heavy (non-hydrogen) atoms. The van der Waals surface area contributed by atoms with Crippen molar-refractivity contribution in [3.8, 4) is 33.4 Å². The van der Waals surface area contributed by atoms with Gasteiger partial charge in [-0.3, -0.25) is 0 Å². The molecule has 0 aromatic heterocycles. The van der Waals surface area contributed by atoms with Crippen molar-refractivity contribution in [1.82, 2.24) is 0 Å². The normalized spacial score (nSPS) is 12.5. The summed E-state index contributed by atoms with van der Waals surface area (Å²) in [5.74, 6) is 0. The molecule has 0 spiro atoms. The Morgan fingerprint density at radius 3 is 1.11 bits per heavy atom. The Hall–Kier alpha value is -7.68. The lowest BCUT2D eigenvalue weighted by Crippen LogP contribution is -2.16. The number of anilines is 6. The second-order valence-electron chi connectivity index (χ2n) is 16.3.